The highest BCUT2D eigenvalue weighted by molar-refractivity contribution is 7.15. The number of aryl methyl sites for hydroxylation is 1. The van der Waals surface area contributed by atoms with E-state index in [1.165, 1.54) is 10.6 Å². The maximum Gasteiger partial charge on any atom is 0.142 e. The highest BCUT2D eigenvalue weighted by atomic mass is 32.1. The molecule has 0 spiro atoms. The third-order valence-electron chi connectivity index (χ3n) is 2.86. The third kappa shape index (κ3) is 3.85. The molecule has 102 valence electrons. The van der Waals surface area contributed by atoms with Gasteiger partial charge in [-0.25, -0.2) is 4.98 Å². The molecule has 0 saturated carbocycles. The minimum atomic E-state index is 0.924. The lowest BCUT2D eigenvalue weighted by atomic mass is 10.2. The summed E-state index contributed by atoms with van der Waals surface area (Å²) in [5, 5.41) is 4.50. The molecule has 4 heteroatoms. The lowest BCUT2D eigenvalue weighted by Crippen LogP contribution is -2.13. The van der Waals surface area contributed by atoms with E-state index in [0.29, 0.717) is 0 Å². The van der Waals surface area contributed by atoms with Crippen LogP contribution in [-0.4, -0.2) is 16.5 Å². The Hall–Kier alpha value is -1.26. The Morgan fingerprint density at radius 3 is 2.79 bits per heavy atom. The second-order valence-corrected chi connectivity index (χ2v) is 5.61. The Kier molecular flexibility index (Phi) is 5.48. The summed E-state index contributed by atoms with van der Waals surface area (Å²) in [6.07, 6.45) is 5.17. The molecule has 0 radical (unpaired) electrons. The molecule has 0 fully saturated rings. The van der Waals surface area contributed by atoms with Gasteiger partial charge in [-0.2, -0.15) is 0 Å². The fraction of sp³-hybridized carbons (Fsp3) is 0.467. The van der Waals surface area contributed by atoms with Crippen molar-refractivity contribution in [3.63, 3.8) is 0 Å². The van der Waals surface area contributed by atoms with Crippen LogP contribution in [0, 0.1) is 0 Å². The normalized spacial score (nSPS) is 10.8. The van der Waals surface area contributed by atoms with Gasteiger partial charge >= 0.3 is 0 Å². The molecule has 0 aliphatic rings. The smallest absolute Gasteiger partial charge is 0.142 e. The van der Waals surface area contributed by atoms with Gasteiger partial charge in [0.15, 0.2) is 0 Å². The summed E-state index contributed by atoms with van der Waals surface area (Å²) in [5.41, 5.74) is 2.21. The number of aromatic nitrogens is 2. The molecule has 0 amide bonds. The summed E-state index contributed by atoms with van der Waals surface area (Å²) in [7, 11) is 0. The van der Waals surface area contributed by atoms with Crippen molar-refractivity contribution in [1.29, 1.82) is 0 Å². The lowest BCUT2D eigenvalue weighted by Gasteiger charge is -2.02. The van der Waals surface area contributed by atoms with Gasteiger partial charge in [-0.15, -0.1) is 11.3 Å². The molecule has 2 aromatic heterocycles. The van der Waals surface area contributed by atoms with Gasteiger partial charge < -0.3 is 5.32 Å². The van der Waals surface area contributed by atoms with Crippen molar-refractivity contribution in [3.8, 4) is 10.7 Å². The van der Waals surface area contributed by atoms with E-state index in [2.05, 4.69) is 24.1 Å². The number of hydrogen-bond donors (Lipinski definition) is 1. The largest absolute Gasteiger partial charge is 0.312 e. The van der Waals surface area contributed by atoms with Crippen LogP contribution in [0.1, 0.15) is 37.3 Å². The molecule has 19 heavy (non-hydrogen) atoms. The number of pyridine rings is 1. The topological polar surface area (TPSA) is 37.8 Å². The molecule has 0 aliphatic heterocycles. The molecule has 2 rings (SSSR count). The average molecular weight is 275 g/mol. The van der Waals surface area contributed by atoms with Crippen LogP contribution in [-0.2, 0) is 13.0 Å². The van der Waals surface area contributed by atoms with E-state index in [1.807, 2.05) is 24.4 Å². The first-order valence-electron chi connectivity index (χ1n) is 6.95. The Morgan fingerprint density at radius 1 is 1.21 bits per heavy atom. The van der Waals surface area contributed by atoms with Crippen LogP contribution in [0.2, 0.25) is 0 Å². The van der Waals surface area contributed by atoms with Crippen molar-refractivity contribution in [2.75, 3.05) is 6.54 Å². The van der Waals surface area contributed by atoms with Gasteiger partial charge in [0.1, 0.15) is 5.01 Å². The van der Waals surface area contributed by atoms with Crippen molar-refractivity contribution in [3.05, 3.63) is 35.0 Å². The predicted octanol–water partition coefficient (Wildman–Crippen LogP) is 3.66. The van der Waals surface area contributed by atoms with Crippen molar-refractivity contribution >= 4 is 11.3 Å². The molecule has 0 saturated heterocycles. The van der Waals surface area contributed by atoms with Gasteiger partial charge in [0.05, 0.1) is 11.4 Å². The molecule has 2 aromatic rings. The van der Waals surface area contributed by atoms with Gasteiger partial charge in [-0.05, 0) is 31.5 Å². The highest BCUT2D eigenvalue weighted by Crippen LogP contribution is 2.27. The summed E-state index contributed by atoms with van der Waals surface area (Å²) in [6, 6.07) is 5.98. The average Bonchev–Trinajstić information content (AvgIpc) is 2.84. The molecular formula is C15H21N3S. The zero-order valence-electron chi connectivity index (χ0n) is 11.6. The van der Waals surface area contributed by atoms with Gasteiger partial charge in [0.2, 0.25) is 0 Å². The minimum absolute atomic E-state index is 0.924. The van der Waals surface area contributed by atoms with E-state index in [4.69, 9.17) is 4.98 Å². The molecule has 0 unspecified atom stereocenters. The van der Waals surface area contributed by atoms with E-state index in [1.54, 1.807) is 11.3 Å². The van der Waals surface area contributed by atoms with Gasteiger partial charge in [0.25, 0.3) is 0 Å². The van der Waals surface area contributed by atoms with E-state index < -0.39 is 0 Å². The van der Waals surface area contributed by atoms with Crippen molar-refractivity contribution in [1.82, 2.24) is 15.3 Å². The predicted molar refractivity (Wildman–Crippen MR) is 81.3 cm³/mol. The monoisotopic (exact) mass is 275 g/mol. The molecule has 0 atom stereocenters. The highest BCUT2D eigenvalue weighted by Gasteiger charge is 2.12. The SMILES string of the molecule is CCCNCc1sc(-c2ccccn2)nc1CCC. The van der Waals surface area contributed by atoms with Crippen LogP contribution in [0.15, 0.2) is 24.4 Å². The van der Waals surface area contributed by atoms with E-state index in [0.717, 1.165) is 43.1 Å². The quantitative estimate of drug-likeness (QED) is 0.784. The Balaban J connectivity index is 2.19. The van der Waals surface area contributed by atoms with Crippen LogP contribution < -0.4 is 5.32 Å². The minimum Gasteiger partial charge on any atom is -0.312 e. The van der Waals surface area contributed by atoms with E-state index in [-0.39, 0.29) is 0 Å². The van der Waals surface area contributed by atoms with E-state index in [9.17, 15) is 0 Å². The zero-order valence-corrected chi connectivity index (χ0v) is 12.5. The molecule has 0 bridgehead atoms. The molecule has 0 aliphatic carbocycles. The van der Waals surface area contributed by atoms with Crippen molar-refractivity contribution in [2.24, 2.45) is 0 Å². The second-order valence-electron chi connectivity index (χ2n) is 4.53. The molecular weight excluding hydrogens is 254 g/mol. The lowest BCUT2D eigenvalue weighted by molar-refractivity contribution is 0.674. The zero-order chi connectivity index (χ0) is 13.5. The molecule has 1 N–H and O–H groups in total. The Labute approximate surface area is 119 Å². The van der Waals surface area contributed by atoms with E-state index >= 15 is 0 Å². The van der Waals surface area contributed by atoms with Gasteiger partial charge in [-0.3, -0.25) is 4.98 Å². The maximum absolute atomic E-state index is 4.76. The fourth-order valence-corrected chi connectivity index (χ4v) is 2.99. The van der Waals surface area contributed by atoms with Crippen LogP contribution in [0.3, 0.4) is 0 Å². The molecule has 2 heterocycles. The maximum atomic E-state index is 4.76. The molecule has 0 aromatic carbocycles. The Morgan fingerprint density at radius 2 is 2.11 bits per heavy atom. The van der Waals surface area contributed by atoms with Crippen molar-refractivity contribution < 1.29 is 0 Å². The van der Waals surface area contributed by atoms with Crippen LogP contribution in [0.25, 0.3) is 10.7 Å². The first-order chi connectivity index (χ1) is 9.35. The molecule has 3 nitrogen and oxygen atoms in total. The van der Waals surface area contributed by atoms with Crippen molar-refractivity contribution in [2.45, 2.75) is 39.7 Å². The van der Waals surface area contributed by atoms with Crippen LogP contribution in [0.4, 0.5) is 0 Å². The van der Waals surface area contributed by atoms with Gasteiger partial charge in [-0.1, -0.05) is 26.3 Å². The van der Waals surface area contributed by atoms with Crippen LogP contribution in [0.5, 0.6) is 0 Å². The standard InChI is InChI=1S/C15H21N3S/c1-3-7-12-14(11-16-9-4-2)19-15(18-12)13-8-5-6-10-17-13/h5-6,8,10,16H,3-4,7,9,11H2,1-2H3. The number of nitrogens with zero attached hydrogens (tertiary/aromatic N) is 2. The first kappa shape index (κ1) is 14.2. The summed E-state index contributed by atoms with van der Waals surface area (Å²) in [5.74, 6) is 0. The summed E-state index contributed by atoms with van der Waals surface area (Å²) < 4.78 is 0. The summed E-state index contributed by atoms with van der Waals surface area (Å²) in [4.78, 5) is 10.5. The van der Waals surface area contributed by atoms with Crippen LogP contribution >= 0.6 is 11.3 Å². The number of thiazole rings is 1. The number of hydrogen-bond acceptors (Lipinski definition) is 4. The summed E-state index contributed by atoms with van der Waals surface area (Å²) in [6.45, 7) is 6.37. The fourth-order valence-electron chi connectivity index (χ4n) is 1.93. The third-order valence-corrected chi connectivity index (χ3v) is 3.98. The van der Waals surface area contributed by atoms with Gasteiger partial charge in [0, 0.05) is 17.6 Å². The number of rotatable bonds is 7. The number of nitrogens with one attached hydrogen (secondary N) is 1. The Bertz CT molecular complexity index is 493. The summed E-state index contributed by atoms with van der Waals surface area (Å²) >= 11 is 1.77. The first-order valence-corrected chi connectivity index (χ1v) is 7.77. The second kappa shape index (κ2) is 7.36.